The SMILES string of the molecule is COc1cc(F)ccc1[C@@H](C1CCCC1)N1CCNCC1. The van der Waals surface area contributed by atoms with Crippen LogP contribution in [0.4, 0.5) is 4.39 Å². The van der Waals surface area contributed by atoms with Gasteiger partial charge in [0, 0.05) is 43.9 Å². The van der Waals surface area contributed by atoms with E-state index in [2.05, 4.69) is 10.2 Å². The molecule has 0 radical (unpaired) electrons. The summed E-state index contributed by atoms with van der Waals surface area (Å²) >= 11 is 0. The van der Waals surface area contributed by atoms with Crippen molar-refractivity contribution >= 4 is 0 Å². The van der Waals surface area contributed by atoms with E-state index in [1.165, 1.54) is 31.7 Å². The molecule has 4 heteroatoms. The number of methoxy groups -OCH3 is 1. The minimum absolute atomic E-state index is 0.221. The topological polar surface area (TPSA) is 24.5 Å². The number of hydrogen-bond acceptors (Lipinski definition) is 3. The zero-order valence-corrected chi connectivity index (χ0v) is 12.8. The van der Waals surface area contributed by atoms with Crippen LogP contribution in [-0.2, 0) is 0 Å². The lowest BCUT2D eigenvalue weighted by Gasteiger charge is -2.39. The third kappa shape index (κ3) is 3.22. The molecule has 1 heterocycles. The third-order valence-electron chi connectivity index (χ3n) is 4.91. The van der Waals surface area contributed by atoms with Gasteiger partial charge in [0.15, 0.2) is 0 Å². The van der Waals surface area contributed by atoms with Crippen molar-refractivity contribution in [1.82, 2.24) is 10.2 Å². The molecule has 1 N–H and O–H groups in total. The van der Waals surface area contributed by atoms with Crippen LogP contribution in [0, 0.1) is 11.7 Å². The summed E-state index contributed by atoms with van der Waals surface area (Å²) in [6.07, 6.45) is 5.18. The predicted octanol–water partition coefficient (Wildman–Crippen LogP) is 2.97. The number of piperazine rings is 1. The van der Waals surface area contributed by atoms with Gasteiger partial charge in [0.2, 0.25) is 0 Å². The number of rotatable bonds is 4. The predicted molar refractivity (Wildman–Crippen MR) is 82.1 cm³/mol. The molecule has 2 aliphatic rings. The molecule has 0 bridgehead atoms. The van der Waals surface area contributed by atoms with Crippen molar-refractivity contribution in [2.75, 3.05) is 33.3 Å². The molecule has 3 nitrogen and oxygen atoms in total. The van der Waals surface area contributed by atoms with E-state index in [0.717, 1.165) is 31.7 Å². The van der Waals surface area contributed by atoms with Gasteiger partial charge in [-0.2, -0.15) is 0 Å². The van der Waals surface area contributed by atoms with Crippen LogP contribution in [0.5, 0.6) is 5.75 Å². The van der Waals surface area contributed by atoms with Crippen molar-refractivity contribution in [3.8, 4) is 5.75 Å². The number of benzene rings is 1. The maximum atomic E-state index is 13.5. The highest BCUT2D eigenvalue weighted by Gasteiger charge is 2.33. The van der Waals surface area contributed by atoms with Crippen LogP contribution in [0.1, 0.15) is 37.3 Å². The molecule has 1 aliphatic heterocycles. The first-order chi connectivity index (χ1) is 10.3. The summed E-state index contributed by atoms with van der Waals surface area (Å²) in [5.74, 6) is 1.15. The molecule has 0 spiro atoms. The molecule has 1 aromatic carbocycles. The normalized spacial score (nSPS) is 22.4. The summed E-state index contributed by atoms with van der Waals surface area (Å²) in [4.78, 5) is 2.56. The summed E-state index contributed by atoms with van der Waals surface area (Å²) in [6, 6.07) is 5.39. The van der Waals surface area contributed by atoms with Crippen molar-refractivity contribution < 1.29 is 9.13 Å². The minimum Gasteiger partial charge on any atom is -0.496 e. The fourth-order valence-corrected chi connectivity index (χ4v) is 3.91. The van der Waals surface area contributed by atoms with Gasteiger partial charge in [-0.1, -0.05) is 18.9 Å². The minimum atomic E-state index is -0.221. The molecule has 1 saturated heterocycles. The van der Waals surface area contributed by atoms with Crippen LogP contribution in [0.2, 0.25) is 0 Å². The van der Waals surface area contributed by atoms with Crippen molar-refractivity contribution in [2.24, 2.45) is 5.92 Å². The summed E-state index contributed by atoms with van der Waals surface area (Å²) in [7, 11) is 1.64. The Labute approximate surface area is 126 Å². The molecule has 1 aromatic rings. The van der Waals surface area contributed by atoms with E-state index in [-0.39, 0.29) is 5.82 Å². The Kier molecular flexibility index (Phi) is 4.76. The second kappa shape index (κ2) is 6.75. The molecule has 116 valence electrons. The van der Waals surface area contributed by atoms with E-state index >= 15 is 0 Å². The molecule has 0 aromatic heterocycles. The monoisotopic (exact) mass is 292 g/mol. The molecule has 1 aliphatic carbocycles. The summed E-state index contributed by atoms with van der Waals surface area (Å²) < 4.78 is 19.0. The number of ether oxygens (including phenoxy) is 1. The van der Waals surface area contributed by atoms with E-state index < -0.39 is 0 Å². The van der Waals surface area contributed by atoms with Crippen LogP contribution < -0.4 is 10.1 Å². The Morgan fingerprint density at radius 3 is 2.62 bits per heavy atom. The fourth-order valence-electron chi connectivity index (χ4n) is 3.91. The molecule has 21 heavy (non-hydrogen) atoms. The quantitative estimate of drug-likeness (QED) is 0.923. The van der Waals surface area contributed by atoms with Crippen LogP contribution in [0.25, 0.3) is 0 Å². The molecular formula is C17H25FN2O. The van der Waals surface area contributed by atoms with E-state index in [9.17, 15) is 4.39 Å². The highest BCUT2D eigenvalue weighted by molar-refractivity contribution is 5.37. The maximum absolute atomic E-state index is 13.5. The van der Waals surface area contributed by atoms with Gasteiger partial charge in [-0.05, 0) is 24.8 Å². The Morgan fingerprint density at radius 2 is 1.95 bits per heavy atom. The number of nitrogens with zero attached hydrogens (tertiary/aromatic N) is 1. The molecule has 3 rings (SSSR count). The average molecular weight is 292 g/mol. The second-order valence-electron chi connectivity index (χ2n) is 6.16. The Hall–Kier alpha value is -1.13. The van der Waals surface area contributed by atoms with Crippen molar-refractivity contribution in [3.05, 3.63) is 29.6 Å². The Balaban J connectivity index is 1.93. The van der Waals surface area contributed by atoms with Crippen LogP contribution in [0.15, 0.2) is 18.2 Å². The molecule has 0 unspecified atom stereocenters. The van der Waals surface area contributed by atoms with Gasteiger partial charge in [0.05, 0.1) is 7.11 Å². The van der Waals surface area contributed by atoms with E-state index in [0.29, 0.717) is 17.7 Å². The van der Waals surface area contributed by atoms with Gasteiger partial charge in [-0.15, -0.1) is 0 Å². The van der Waals surface area contributed by atoms with Gasteiger partial charge in [-0.3, -0.25) is 4.90 Å². The maximum Gasteiger partial charge on any atom is 0.126 e. The first kappa shape index (κ1) is 14.8. The van der Waals surface area contributed by atoms with Gasteiger partial charge >= 0.3 is 0 Å². The van der Waals surface area contributed by atoms with E-state index in [1.54, 1.807) is 13.2 Å². The first-order valence-corrected chi connectivity index (χ1v) is 8.08. The number of nitrogens with one attached hydrogen (secondary N) is 1. The van der Waals surface area contributed by atoms with Crippen molar-refractivity contribution in [2.45, 2.75) is 31.7 Å². The lowest BCUT2D eigenvalue weighted by atomic mass is 9.89. The zero-order valence-electron chi connectivity index (χ0n) is 12.8. The molecule has 2 fully saturated rings. The Bertz CT molecular complexity index is 468. The third-order valence-corrected chi connectivity index (χ3v) is 4.91. The van der Waals surface area contributed by atoms with Crippen LogP contribution in [-0.4, -0.2) is 38.2 Å². The lowest BCUT2D eigenvalue weighted by molar-refractivity contribution is 0.123. The summed E-state index contributed by atoms with van der Waals surface area (Å²) in [5, 5.41) is 3.42. The fraction of sp³-hybridized carbons (Fsp3) is 0.647. The molecule has 1 saturated carbocycles. The molecule has 1 atom stereocenters. The van der Waals surface area contributed by atoms with Gasteiger partial charge < -0.3 is 10.1 Å². The van der Waals surface area contributed by atoms with Crippen LogP contribution in [0.3, 0.4) is 0 Å². The van der Waals surface area contributed by atoms with Crippen molar-refractivity contribution in [1.29, 1.82) is 0 Å². The number of halogens is 1. The van der Waals surface area contributed by atoms with Crippen molar-refractivity contribution in [3.63, 3.8) is 0 Å². The van der Waals surface area contributed by atoms with E-state index in [4.69, 9.17) is 4.74 Å². The smallest absolute Gasteiger partial charge is 0.126 e. The average Bonchev–Trinajstić information content (AvgIpc) is 3.04. The van der Waals surface area contributed by atoms with Crippen LogP contribution >= 0.6 is 0 Å². The highest BCUT2D eigenvalue weighted by Crippen LogP contribution is 2.42. The van der Waals surface area contributed by atoms with Gasteiger partial charge in [0.1, 0.15) is 11.6 Å². The zero-order chi connectivity index (χ0) is 14.7. The first-order valence-electron chi connectivity index (χ1n) is 8.08. The molecular weight excluding hydrogens is 267 g/mol. The van der Waals surface area contributed by atoms with Gasteiger partial charge in [0.25, 0.3) is 0 Å². The van der Waals surface area contributed by atoms with E-state index in [1.807, 2.05) is 6.07 Å². The second-order valence-corrected chi connectivity index (χ2v) is 6.16. The lowest BCUT2D eigenvalue weighted by Crippen LogP contribution is -2.46. The number of hydrogen-bond donors (Lipinski definition) is 1. The standard InChI is InChI=1S/C17H25FN2O/c1-21-16-12-14(18)6-7-15(16)17(13-4-2-3-5-13)20-10-8-19-9-11-20/h6-7,12-13,17,19H,2-5,8-11H2,1H3/t17-/m1/s1. The molecule has 0 amide bonds. The highest BCUT2D eigenvalue weighted by atomic mass is 19.1. The van der Waals surface area contributed by atoms with Gasteiger partial charge in [-0.25, -0.2) is 4.39 Å². The Morgan fingerprint density at radius 1 is 1.24 bits per heavy atom. The largest absolute Gasteiger partial charge is 0.496 e. The summed E-state index contributed by atoms with van der Waals surface area (Å²) in [6.45, 7) is 4.18. The summed E-state index contributed by atoms with van der Waals surface area (Å²) in [5.41, 5.74) is 1.16.